The number of hydrogen-bond acceptors (Lipinski definition) is 4. The first-order valence-electron chi connectivity index (χ1n) is 3.77. The highest BCUT2D eigenvalue weighted by Gasteiger charge is 2.08. The third-order valence-corrected chi connectivity index (χ3v) is 2.21. The minimum Gasteiger partial charge on any atom is -0.293 e. The number of hydrogen-bond donors (Lipinski definition) is 2. The molecule has 0 fully saturated rings. The van der Waals surface area contributed by atoms with Crippen LogP contribution in [0.2, 0.25) is 0 Å². The molecule has 0 aliphatic heterocycles. The van der Waals surface area contributed by atoms with Crippen molar-refractivity contribution in [3.8, 4) is 0 Å². The minimum absolute atomic E-state index is 0.131. The second kappa shape index (κ2) is 4.34. The van der Waals surface area contributed by atoms with Crippen molar-refractivity contribution in [2.45, 2.75) is 13.5 Å². The van der Waals surface area contributed by atoms with Crippen molar-refractivity contribution >= 4 is 21.8 Å². The number of nitrogens with zero attached hydrogens (tertiary/aromatic N) is 2. The van der Waals surface area contributed by atoms with E-state index in [-0.39, 0.29) is 12.1 Å². The van der Waals surface area contributed by atoms with Crippen LogP contribution in [-0.4, -0.2) is 15.5 Å². The number of halogens is 1. The molecule has 7 heteroatoms. The van der Waals surface area contributed by atoms with Gasteiger partial charge in [0.2, 0.25) is 0 Å². The van der Waals surface area contributed by atoms with Crippen LogP contribution in [-0.2, 0) is 11.3 Å². The Morgan fingerprint density at radius 2 is 2.43 bits per heavy atom. The molecule has 76 valence electrons. The number of nitrogens with two attached hydrogens (primary N) is 1. The second-order valence-corrected chi connectivity index (χ2v) is 3.47. The smallest absolute Gasteiger partial charge is 0.268 e. The number of amides is 1. The van der Waals surface area contributed by atoms with Crippen molar-refractivity contribution in [3.05, 3.63) is 26.8 Å². The van der Waals surface area contributed by atoms with Crippen LogP contribution in [0.4, 0.5) is 0 Å². The molecule has 1 aromatic rings. The van der Waals surface area contributed by atoms with E-state index in [1.165, 1.54) is 10.8 Å². The summed E-state index contributed by atoms with van der Waals surface area (Å²) < 4.78 is 1.54. The van der Waals surface area contributed by atoms with Gasteiger partial charge in [0.25, 0.3) is 11.5 Å². The number of hydrazine groups is 1. The molecule has 0 atom stereocenters. The number of aryl methyl sites for hydroxylation is 1. The first-order valence-corrected chi connectivity index (χ1v) is 4.57. The maximum Gasteiger partial charge on any atom is 0.268 e. The van der Waals surface area contributed by atoms with Crippen molar-refractivity contribution in [1.29, 1.82) is 0 Å². The molecule has 0 spiro atoms. The molecule has 0 aliphatic carbocycles. The van der Waals surface area contributed by atoms with Crippen LogP contribution in [0.3, 0.4) is 0 Å². The molecule has 14 heavy (non-hydrogen) atoms. The van der Waals surface area contributed by atoms with E-state index in [4.69, 9.17) is 5.84 Å². The van der Waals surface area contributed by atoms with E-state index in [1.54, 1.807) is 6.92 Å². The Morgan fingerprint density at radius 1 is 1.79 bits per heavy atom. The lowest BCUT2D eigenvalue weighted by Crippen LogP contribution is -2.37. The van der Waals surface area contributed by atoms with Gasteiger partial charge in [-0.1, -0.05) is 0 Å². The third kappa shape index (κ3) is 2.18. The SMILES string of the molecule is Cc1ncc(Br)c(=O)n1CC(=O)NN. The third-order valence-electron chi connectivity index (χ3n) is 1.67. The van der Waals surface area contributed by atoms with Gasteiger partial charge in [0.15, 0.2) is 0 Å². The van der Waals surface area contributed by atoms with E-state index in [1.807, 2.05) is 5.43 Å². The standard InChI is InChI=1S/C7H9BrN4O2/c1-4-10-2-5(8)7(14)12(4)3-6(13)11-9/h2H,3,9H2,1H3,(H,11,13). The number of aromatic nitrogens is 2. The van der Waals surface area contributed by atoms with Gasteiger partial charge in [-0.2, -0.15) is 0 Å². The molecule has 0 bridgehead atoms. The van der Waals surface area contributed by atoms with Gasteiger partial charge in [-0.05, 0) is 22.9 Å². The molecule has 0 saturated heterocycles. The van der Waals surface area contributed by atoms with E-state index >= 15 is 0 Å². The number of rotatable bonds is 2. The van der Waals surface area contributed by atoms with Gasteiger partial charge in [-0.25, -0.2) is 10.8 Å². The molecule has 0 aliphatic rings. The van der Waals surface area contributed by atoms with Crippen LogP contribution >= 0.6 is 15.9 Å². The fourth-order valence-corrected chi connectivity index (χ4v) is 1.24. The summed E-state index contributed by atoms with van der Waals surface area (Å²) in [7, 11) is 0. The topological polar surface area (TPSA) is 90.0 Å². The van der Waals surface area contributed by atoms with Gasteiger partial charge in [0, 0.05) is 6.20 Å². The first kappa shape index (κ1) is 10.9. The molecule has 0 saturated carbocycles. The predicted molar refractivity (Wildman–Crippen MR) is 53.3 cm³/mol. The molecule has 0 radical (unpaired) electrons. The Hall–Kier alpha value is -1.21. The molecule has 0 aromatic carbocycles. The molecule has 0 unspecified atom stereocenters. The lowest BCUT2D eigenvalue weighted by Gasteiger charge is -2.07. The molecule has 6 nitrogen and oxygen atoms in total. The van der Waals surface area contributed by atoms with Gasteiger partial charge >= 0.3 is 0 Å². The molecular formula is C7H9BrN4O2. The summed E-state index contributed by atoms with van der Waals surface area (Å²) in [6, 6.07) is 0. The minimum atomic E-state index is -0.449. The summed E-state index contributed by atoms with van der Waals surface area (Å²) in [5, 5.41) is 0. The monoisotopic (exact) mass is 260 g/mol. The average molecular weight is 261 g/mol. The lowest BCUT2D eigenvalue weighted by molar-refractivity contribution is -0.121. The van der Waals surface area contributed by atoms with Crippen molar-refractivity contribution < 1.29 is 4.79 Å². The van der Waals surface area contributed by atoms with E-state index in [2.05, 4.69) is 20.9 Å². The Kier molecular flexibility index (Phi) is 3.37. The van der Waals surface area contributed by atoms with E-state index in [0.29, 0.717) is 10.3 Å². The Labute approximate surface area is 88.2 Å². The summed E-state index contributed by atoms with van der Waals surface area (Å²) in [6.45, 7) is 1.51. The predicted octanol–water partition coefficient (Wildman–Crippen LogP) is -0.696. The Balaban J connectivity index is 3.13. The van der Waals surface area contributed by atoms with Gasteiger partial charge in [0.05, 0.1) is 0 Å². The molecule has 1 aromatic heterocycles. The summed E-state index contributed by atoms with van der Waals surface area (Å²) in [5.74, 6) is 4.92. The summed E-state index contributed by atoms with van der Waals surface area (Å²) in [4.78, 5) is 26.4. The van der Waals surface area contributed by atoms with Crippen LogP contribution < -0.4 is 16.8 Å². The first-order chi connectivity index (χ1) is 6.56. The molecule has 1 amide bonds. The van der Waals surface area contributed by atoms with Crippen LogP contribution in [0.15, 0.2) is 15.5 Å². The zero-order valence-corrected chi connectivity index (χ0v) is 9.04. The molecular weight excluding hydrogens is 252 g/mol. The summed E-state index contributed by atoms with van der Waals surface area (Å²) >= 11 is 3.03. The van der Waals surface area contributed by atoms with Crippen LogP contribution in [0, 0.1) is 6.92 Å². The largest absolute Gasteiger partial charge is 0.293 e. The normalized spacial score (nSPS) is 9.93. The highest BCUT2D eigenvalue weighted by Crippen LogP contribution is 2.00. The molecule has 1 heterocycles. The number of carbonyl (C=O) groups is 1. The van der Waals surface area contributed by atoms with E-state index in [0.717, 1.165) is 0 Å². The van der Waals surface area contributed by atoms with Gasteiger partial charge < -0.3 is 0 Å². The van der Waals surface area contributed by atoms with Gasteiger partial charge in [-0.3, -0.25) is 19.6 Å². The Bertz CT molecular complexity index is 415. The van der Waals surface area contributed by atoms with Crippen molar-refractivity contribution in [1.82, 2.24) is 15.0 Å². The van der Waals surface area contributed by atoms with Crippen LogP contribution in [0.1, 0.15) is 5.82 Å². The highest BCUT2D eigenvalue weighted by molar-refractivity contribution is 9.10. The van der Waals surface area contributed by atoms with Crippen molar-refractivity contribution in [2.75, 3.05) is 0 Å². The maximum absolute atomic E-state index is 11.5. The number of nitrogens with one attached hydrogen (secondary N) is 1. The Morgan fingerprint density at radius 3 is 3.00 bits per heavy atom. The number of carbonyl (C=O) groups excluding carboxylic acids is 1. The van der Waals surface area contributed by atoms with E-state index < -0.39 is 5.91 Å². The zero-order chi connectivity index (χ0) is 10.7. The molecule has 3 N–H and O–H groups in total. The second-order valence-electron chi connectivity index (χ2n) is 2.61. The average Bonchev–Trinajstić information content (AvgIpc) is 2.18. The lowest BCUT2D eigenvalue weighted by atomic mass is 10.5. The fraction of sp³-hybridized carbons (Fsp3) is 0.286. The summed E-state index contributed by atoms with van der Waals surface area (Å²) in [6.07, 6.45) is 1.40. The van der Waals surface area contributed by atoms with E-state index in [9.17, 15) is 9.59 Å². The quantitative estimate of drug-likeness (QED) is 0.418. The fourth-order valence-electron chi connectivity index (χ4n) is 0.926. The maximum atomic E-state index is 11.5. The van der Waals surface area contributed by atoms with Gasteiger partial charge in [0.1, 0.15) is 16.8 Å². The molecule has 1 rings (SSSR count). The van der Waals surface area contributed by atoms with Gasteiger partial charge in [-0.15, -0.1) is 0 Å². The van der Waals surface area contributed by atoms with Crippen molar-refractivity contribution in [2.24, 2.45) is 5.84 Å². The van der Waals surface area contributed by atoms with Crippen LogP contribution in [0.25, 0.3) is 0 Å². The highest BCUT2D eigenvalue weighted by atomic mass is 79.9. The van der Waals surface area contributed by atoms with Crippen LogP contribution in [0.5, 0.6) is 0 Å². The summed E-state index contributed by atoms with van der Waals surface area (Å²) in [5.41, 5.74) is 1.64. The van der Waals surface area contributed by atoms with Crippen molar-refractivity contribution in [3.63, 3.8) is 0 Å². The zero-order valence-electron chi connectivity index (χ0n) is 7.45.